The Morgan fingerprint density at radius 2 is 1.16 bits per heavy atom. The molecule has 0 aromatic heterocycles. The van der Waals surface area contributed by atoms with Gasteiger partial charge in [-0.05, 0) is 32.1 Å². The van der Waals surface area contributed by atoms with Crippen LogP contribution in [0, 0.1) is 0 Å². The number of aliphatic hydroxyl groups is 4. The Balaban J connectivity index is 2.47. The van der Waals surface area contributed by atoms with Gasteiger partial charge in [0.15, 0.2) is 6.29 Å². The normalized spacial score (nSPS) is 21.4. The molecule has 1 rings (SSSR count). The molecule has 12 nitrogen and oxygen atoms in total. The predicted octanol–water partition coefficient (Wildman–Crippen LogP) is 8.38. The van der Waals surface area contributed by atoms with Crippen molar-refractivity contribution in [3.05, 3.63) is 12.2 Å². The lowest BCUT2D eigenvalue weighted by Gasteiger charge is -2.41. The summed E-state index contributed by atoms with van der Waals surface area (Å²) >= 11 is 0. The third-order valence-electron chi connectivity index (χ3n) is 10.8. The number of carbonyl (C=O) groups excluding carboxylic acids is 1. The SMILES string of the molecule is CCCC/C=C\CCCCCCC(=O)NC(COC1OC(CO)C(O)C(OS(=O)(=O)O)C1O)C(O)CCCCCCCCCCCCCCCCCCCCC. The van der Waals surface area contributed by atoms with Crippen LogP contribution in [0.1, 0.15) is 200 Å². The van der Waals surface area contributed by atoms with Gasteiger partial charge in [0.1, 0.15) is 24.4 Å². The molecule has 1 amide bonds. The zero-order chi connectivity index (χ0) is 41.3. The molecule has 1 fully saturated rings. The average molecular weight is 822 g/mol. The standard InChI is InChI=1S/C43H83NO11S/c1-3-5-7-9-11-13-15-16-17-18-19-20-21-22-23-24-26-28-30-32-37(46)36(44-39(47)33-31-29-27-25-14-12-10-8-6-4-2)35-53-43-41(49)42(55-56(50,51)52)40(48)38(34-45)54-43/h10,12,36-38,40-43,45-46,48-49H,3-9,11,13-35H2,1-2H3,(H,44,47)(H,50,51,52)/b12-10-. The van der Waals surface area contributed by atoms with Crippen molar-refractivity contribution < 1.29 is 51.8 Å². The van der Waals surface area contributed by atoms with Crippen LogP contribution in [0.4, 0.5) is 0 Å². The van der Waals surface area contributed by atoms with Gasteiger partial charge in [-0.2, -0.15) is 8.42 Å². The predicted molar refractivity (Wildman–Crippen MR) is 222 cm³/mol. The van der Waals surface area contributed by atoms with Crippen molar-refractivity contribution in [3.8, 4) is 0 Å². The minimum Gasteiger partial charge on any atom is -0.394 e. The van der Waals surface area contributed by atoms with Crippen LogP contribution < -0.4 is 5.32 Å². The Kier molecular flexibility index (Phi) is 32.7. The van der Waals surface area contributed by atoms with E-state index in [9.17, 15) is 33.6 Å². The highest BCUT2D eigenvalue weighted by Crippen LogP contribution is 2.26. The molecule has 332 valence electrons. The van der Waals surface area contributed by atoms with E-state index in [1.807, 2.05) is 0 Å². The lowest BCUT2D eigenvalue weighted by atomic mass is 9.99. The number of aliphatic hydroxyl groups excluding tert-OH is 4. The molecule has 1 heterocycles. The quantitative estimate of drug-likeness (QED) is 0.0199. The number of allylic oxidation sites excluding steroid dienone is 2. The molecule has 6 N–H and O–H groups in total. The van der Waals surface area contributed by atoms with Crippen LogP contribution in [0.3, 0.4) is 0 Å². The number of carbonyl (C=O) groups is 1. The third-order valence-corrected chi connectivity index (χ3v) is 11.3. The summed E-state index contributed by atoms with van der Waals surface area (Å²) in [4.78, 5) is 13.0. The second kappa shape index (κ2) is 34.7. The Morgan fingerprint density at radius 3 is 1.66 bits per heavy atom. The van der Waals surface area contributed by atoms with Crippen molar-refractivity contribution >= 4 is 16.3 Å². The number of ether oxygens (including phenoxy) is 2. The van der Waals surface area contributed by atoms with E-state index in [4.69, 9.17) is 14.0 Å². The minimum absolute atomic E-state index is 0.244. The smallest absolute Gasteiger partial charge is 0.394 e. The first-order chi connectivity index (χ1) is 27.0. The van der Waals surface area contributed by atoms with Gasteiger partial charge in [-0.3, -0.25) is 9.35 Å². The molecule has 1 aliphatic rings. The van der Waals surface area contributed by atoms with Crippen molar-refractivity contribution in [2.24, 2.45) is 0 Å². The Bertz CT molecular complexity index is 1060. The van der Waals surface area contributed by atoms with Crippen LogP contribution >= 0.6 is 0 Å². The highest BCUT2D eigenvalue weighted by atomic mass is 32.3. The Hall–Kier alpha value is -1.16. The van der Waals surface area contributed by atoms with Gasteiger partial charge in [-0.25, -0.2) is 4.18 Å². The zero-order valence-corrected chi connectivity index (χ0v) is 36.0. The van der Waals surface area contributed by atoms with E-state index in [-0.39, 0.29) is 18.9 Å². The summed E-state index contributed by atoms with van der Waals surface area (Å²) < 4.78 is 47.5. The lowest BCUT2D eigenvalue weighted by Crippen LogP contribution is -2.61. The summed E-state index contributed by atoms with van der Waals surface area (Å²) in [5.74, 6) is -0.244. The van der Waals surface area contributed by atoms with Crippen LogP contribution in [0.5, 0.6) is 0 Å². The van der Waals surface area contributed by atoms with E-state index >= 15 is 0 Å². The van der Waals surface area contributed by atoms with Crippen molar-refractivity contribution in [2.75, 3.05) is 13.2 Å². The monoisotopic (exact) mass is 822 g/mol. The number of hydrogen-bond acceptors (Lipinski definition) is 10. The number of hydrogen-bond donors (Lipinski definition) is 6. The number of unbranched alkanes of at least 4 members (excludes halogenated alkanes) is 24. The Morgan fingerprint density at radius 1 is 0.696 bits per heavy atom. The summed E-state index contributed by atoms with van der Waals surface area (Å²) in [5.41, 5.74) is 0. The largest absolute Gasteiger partial charge is 0.397 e. The maximum atomic E-state index is 13.0. The second-order valence-electron chi connectivity index (χ2n) is 16.0. The van der Waals surface area contributed by atoms with E-state index in [2.05, 4.69) is 35.5 Å². The Labute approximate surface area is 340 Å². The summed E-state index contributed by atoms with van der Waals surface area (Å²) in [6.07, 6.45) is 28.0. The third kappa shape index (κ3) is 27.5. The molecule has 0 spiro atoms. The van der Waals surface area contributed by atoms with Gasteiger partial charge in [0.2, 0.25) is 5.91 Å². The van der Waals surface area contributed by atoms with Gasteiger partial charge < -0.3 is 35.2 Å². The highest BCUT2D eigenvalue weighted by molar-refractivity contribution is 7.80. The molecule has 7 atom stereocenters. The summed E-state index contributed by atoms with van der Waals surface area (Å²) in [6.45, 7) is 3.39. The van der Waals surface area contributed by atoms with E-state index < -0.39 is 59.9 Å². The van der Waals surface area contributed by atoms with E-state index in [1.54, 1.807) is 0 Å². The number of nitrogens with one attached hydrogen (secondary N) is 1. The van der Waals surface area contributed by atoms with Crippen LogP contribution in [-0.2, 0) is 28.9 Å². The average Bonchev–Trinajstić information content (AvgIpc) is 3.16. The molecule has 1 saturated heterocycles. The van der Waals surface area contributed by atoms with Crippen LogP contribution in [0.25, 0.3) is 0 Å². The van der Waals surface area contributed by atoms with Crippen molar-refractivity contribution in [3.63, 3.8) is 0 Å². The number of rotatable bonds is 38. The maximum absolute atomic E-state index is 13.0. The fraction of sp³-hybridized carbons (Fsp3) is 0.930. The van der Waals surface area contributed by atoms with Gasteiger partial charge in [0, 0.05) is 6.42 Å². The van der Waals surface area contributed by atoms with Gasteiger partial charge in [-0.1, -0.05) is 174 Å². The summed E-state index contributed by atoms with van der Waals surface area (Å²) in [7, 11) is -5.07. The molecule has 0 aromatic rings. The molecule has 0 bridgehead atoms. The van der Waals surface area contributed by atoms with E-state index in [0.717, 1.165) is 57.8 Å². The fourth-order valence-electron chi connectivity index (χ4n) is 7.26. The summed E-state index contributed by atoms with van der Waals surface area (Å²) in [5, 5.41) is 44.7. The van der Waals surface area contributed by atoms with Gasteiger partial charge in [0.05, 0.1) is 25.4 Å². The zero-order valence-electron chi connectivity index (χ0n) is 35.2. The fourth-order valence-corrected chi connectivity index (χ4v) is 7.77. The maximum Gasteiger partial charge on any atom is 0.397 e. The number of amides is 1. The van der Waals surface area contributed by atoms with E-state index in [0.29, 0.717) is 12.8 Å². The van der Waals surface area contributed by atoms with Crippen molar-refractivity contribution in [1.82, 2.24) is 5.32 Å². The van der Waals surface area contributed by atoms with Crippen molar-refractivity contribution in [2.45, 2.75) is 243 Å². The summed E-state index contributed by atoms with van der Waals surface area (Å²) in [6, 6.07) is -0.859. The lowest BCUT2D eigenvalue weighted by molar-refractivity contribution is -0.298. The molecule has 0 saturated carbocycles. The van der Waals surface area contributed by atoms with E-state index in [1.165, 1.54) is 109 Å². The van der Waals surface area contributed by atoms with Crippen molar-refractivity contribution in [1.29, 1.82) is 0 Å². The first-order valence-corrected chi connectivity index (χ1v) is 23.9. The van der Waals surface area contributed by atoms with Gasteiger partial charge >= 0.3 is 10.4 Å². The molecule has 7 unspecified atom stereocenters. The molecule has 0 aromatic carbocycles. The molecule has 56 heavy (non-hydrogen) atoms. The first-order valence-electron chi connectivity index (χ1n) is 22.6. The highest BCUT2D eigenvalue weighted by Gasteiger charge is 2.48. The van der Waals surface area contributed by atoms with Crippen LogP contribution in [0.15, 0.2) is 12.2 Å². The van der Waals surface area contributed by atoms with Gasteiger partial charge in [0.25, 0.3) is 0 Å². The topological polar surface area (TPSA) is 192 Å². The van der Waals surface area contributed by atoms with Gasteiger partial charge in [-0.15, -0.1) is 0 Å². The second-order valence-corrected chi connectivity index (χ2v) is 17.0. The molecule has 13 heteroatoms. The molecular weight excluding hydrogens is 739 g/mol. The minimum atomic E-state index is -5.07. The molecular formula is C43H83NO11S. The molecule has 0 radical (unpaired) electrons. The first kappa shape index (κ1) is 52.9. The molecule has 1 aliphatic heterocycles. The van der Waals surface area contributed by atoms with Crippen LogP contribution in [0.2, 0.25) is 0 Å². The van der Waals surface area contributed by atoms with Crippen LogP contribution in [-0.4, -0.2) is 95.4 Å². The molecule has 0 aliphatic carbocycles.